The van der Waals surface area contributed by atoms with E-state index in [-0.39, 0.29) is 5.92 Å². The molecular formula is C21H28O2. The topological polar surface area (TPSA) is 26.3 Å². The Morgan fingerprint density at radius 1 is 1.13 bits per heavy atom. The fourth-order valence-electron chi connectivity index (χ4n) is 3.04. The number of hydrogen-bond acceptors (Lipinski definition) is 2. The van der Waals surface area contributed by atoms with E-state index in [9.17, 15) is 4.79 Å². The third kappa shape index (κ3) is 3.74. The number of fused-ring (bicyclic) bond motifs is 1. The van der Waals surface area contributed by atoms with Crippen molar-refractivity contribution in [2.24, 2.45) is 5.92 Å². The van der Waals surface area contributed by atoms with Crippen LogP contribution in [0.3, 0.4) is 0 Å². The van der Waals surface area contributed by atoms with Gasteiger partial charge in [0, 0.05) is 12.3 Å². The Morgan fingerprint density at radius 2 is 1.83 bits per heavy atom. The molecule has 0 unspecified atom stereocenters. The normalized spacial score (nSPS) is 11.5. The first-order valence-corrected chi connectivity index (χ1v) is 8.48. The van der Waals surface area contributed by atoms with E-state index in [0.717, 1.165) is 12.2 Å². The lowest BCUT2D eigenvalue weighted by atomic mass is 9.91. The number of rotatable bonds is 6. The second kappa shape index (κ2) is 7.16. The summed E-state index contributed by atoms with van der Waals surface area (Å²) in [7, 11) is 1.73. The summed E-state index contributed by atoms with van der Waals surface area (Å²) in [5, 5.41) is 2.44. The van der Waals surface area contributed by atoms with Crippen LogP contribution in [0.2, 0.25) is 0 Å². The first-order valence-electron chi connectivity index (χ1n) is 8.48. The highest BCUT2D eigenvalue weighted by Gasteiger charge is 2.14. The van der Waals surface area contributed by atoms with Crippen molar-refractivity contribution in [2.75, 3.05) is 7.11 Å². The van der Waals surface area contributed by atoms with Crippen molar-refractivity contribution in [3.05, 3.63) is 41.0 Å². The number of methoxy groups -OCH3 is 1. The van der Waals surface area contributed by atoms with E-state index in [1.807, 2.05) is 13.8 Å². The number of hydrogen-bond donors (Lipinski definition) is 0. The van der Waals surface area contributed by atoms with Gasteiger partial charge in [0.1, 0.15) is 11.5 Å². The molecule has 0 aliphatic rings. The molecule has 0 aliphatic carbocycles. The number of ketones is 1. The van der Waals surface area contributed by atoms with Crippen LogP contribution in [0, 0.1) is 12.8 Å². The third-order valence-electron chi connectivity index (χ3n) is 4.60. The van der Waals surface area contributed by atoms with Crippen LogP contribution in [0.4, 0.5) is 0 Å². The number of Topliss-reactive ketones (excluding diaryl/α,β-unsaturated/α-hetero) is 1. The summed E-state index contributed by atoms with van der Waals surface area (Å²) in [4.78, 5) is 12.0. The summed E-state index contributed by atoms with van der Waals surface area (Å²) in [6.45, 7) is 10.4. The Labute approximate surface area is 139 Å². The summed E-state index contributed by atoms with van der Waals surface area (Å²) in [6, 6.07) is 8.71. The lowest BCUT2D eigenvalue weighted by Gasteiger charge is -2.17. The molecule has 2 aromatic carbocycles. The molecule has 124 valence electrons. The van der Waals surface area contributed by atoms with Crippen molar-refractivity contribution in [1.82, 2.24) is 0 Å². The summed E-state index contributed by atoms with van der Waals surface area (Å²) in [5.74, 6) is 1.79. The van der Waals surface area contributed by atoms with E-state index in [2.05, 4.69) is 45.0 Å². The molecule has 0 radical (unpaired) electrons. The Hall–Kier alpha value is -1.83. The SMILES string of the molecule is COc1cc2c(CCC(=O)C(C)C)c(C)ccc2cc1C(C)C. The van der Waals surface area contributed by atoms with Crippen LogP contribution >= 0.6 is 0 Å². The van der Waals surface area contributed by atoms with Crippen LogP contribution in [-0.2, 0) is 11.2 Å². The minimum atomic E-state index is 0.104. The van der Waals surface area contributed by atoms with Crippen LogP contribution in [0.15, 0.2) is 24.3 Å². The van der Waals surface area contributed by atoms with E-state index in [0.29, 0.717) is 18.1 Å². The molecule has 2 nitrogen and oxygen atoms in total. The molecule has 0 atom stereocenters. The zero-order valence-electron chi connectivity index (χ0n) is 15.2. The van der Waals surface area contributed by atoms with Gasteiger partial charge in [-0.15, -0.1) is 0 Å². The quantitative estimate of drug-likeness (QED) is 0.710. The maximum Gasteiger partial charge on any atom is 0.135 e. The van der Waals surface area contributed by atoms with Gasteiger partial charge >= 0.3 is 0 Å². The standard InChI is InChI=1S/C21H28O2/c1-13(2)18-11-16-8-7-15(5)17(9-10-20(22)14(3)4)19(16)12-21(18)23-6/h7-8,11-14H,9-10H2,1-6H3. The highest BCUT2D eigenvalue weighted by Crippen LogP contribution is 2.34. The number of benzene rings is 2. The van der Waals surface area contributed by atoms with Crippen molar-refractivity contribution < 1.29 is 9.53 Å². The van der Waals surface area contributed by atoms with Gasteiger partial charge < -0.3 is 4.74 Å². The second-order valence-corrected chi connectivity index (χ2v) is 6.95. The van der Waals surface area contributed by atoms with Gasteiger partial charge in [0.2, 0.25) is 0 Å². The summed E-state index contributed by atoms with van der Waals surface area (Å²) in [5.41, 5.74) is 3.74. The van der Waals surface area contributed by atoms with Crippen LogP contribution in [-0.4, -0.2) is 12.9 Å². The highest BCUT2D eigenvalue weighted by molar-refractivity contribution is 5.90. The molecule has 0 amide bonds. The molecule has 0 spiro atoms. The number of aryl methyl sites for hydroxylation is 2. The van der Waals surface area contributed by atoms with Gasteiger partial charge in [-0.3, -0.25) is 4.79 Å². The molecule has 0 saturated heterocycles. The summed E-state index contributed by atoms with van der Waals surface area (Å²) >= 11 is 0. The van der Waals surface area contributed by atoms with Crippen molar-refractivity contribution >= 4 is 16.6 Å². The zero-order valence-corrected chi connectivity index (χ0v) is 15.2. The molecule has 0 N–H and O–H groups in total. The molecule has 0 bridgehead atoms. The second-order valence-electron chi connectivity index (χ2n) is 6.95. The fraction of sp³-hybridized carbons (Fsp3) is 0.476. The van der Waals surface area contributed by atoms with Crippen LogP contribution < -0.4 is 4.74 Å². The lowest BCUT2D eigenvalue weighted by Crippen LogP contribution is -2.08. The molecule has 0 aromatic heterocycles. The Bertz CT molecular complexity index is 711. The molecule has 0 fully saturated rings. The van der Waals surface area contributed by atoms with Gasteiger partial charge in [0.05, 0.1) is 7.11 Å². The van der Waals surface area contributed by atoms with Gasteiger partial charge in [-0.2, -0.15) is 0 Å². The molecule has 2 heteroatoms. The van der Waals surface area contributed by atoms with Crippen LogP contribution in [0.25, 0.3) is 10.8 Å². The van der Waals surface area contributed by atoms with E-state index >= 15 is 0 Å². The lowest BCUT2D eigenvalue weighted by molar-refractivity contribution is -0.121. The Kier molecular flexibility index (Phi) is 5.46. The summed E-state index contributed by atoms with van der Waals surface area (Å²) < 4.78 is 5.61. The van der Waals surface area contributed by atoms with Gasteiger partial charge in [-0.25, -0.2) is 0 Å². The van der Waals surface area contributed by atoms with E-state index < -0.39 is 0 Å². The average molecular weight is 312 g/mol. The van der Waals surface area contributed by atoms with Crippen LogP contribution in [0.5, 0.6) is 5.75 Å². The highest BCUT2D eigenvalue weighted by atomic mass is 16.5. The van der Waals surface area contributed by atoms with Crippen molar-refractivity contribution in [3.8, 4) is 5.75 Å². The first kappa shape index (κ1) is 17.5. The van der Waals surface area contributed by atoms with Crippen molar-refractivity contribution in [3.63, 3.8) is 0 Å². The fourth-order valence-corrected chi connectivity index (χ4v) is 3.04. The smallest absolute Gasteiger partial charge is 0.135 e. The van der Waals surface area contributed by atoms with Gasteiger partial charge in [0.25, 0.3) is 0 Å². The molecule has 2 rings (SSSR count). The van der Waals surface area contributed by atoms with Gasteiger partial charge in [0.15, 0.2) is 0 Å². The third-order valence-corrected chi connectivity index (χ3v) is 4.60. The maximum atomic E-state index is 12.0. The van der Waals surface area contributed by atoms with Gasteiger partial charge in [-0.1, -0.05) is 39.8 Å². The average Bonchev–Trinajstić information content (AvgIpc) is 2.52. The van der Waals surface area contributed by atoms with E-state index in [4.69, 9.17) is 4.74 Å². The zero-order chi connectivity index (χ0) is 17.1. The number of carbonyl (C=O) groups excluding carboxylic acids is 1. The molecule has 23 heavy (non-hydrogen) atoms. The molecular weight excluding hydrogens is 284 g/mol. The molecule has 2 aromatic rings. The molecule has 0 saturated carbocycles. The molecule has 0 heterocycles. The number of ether oxygens (including phenoxy) is 1. The van der Waals surface area contributed by atoms with Crippen molar-refractivity contribution in [1.29, 1.82) is 0 Å². The minimum absolute atomic E-state index is 0.104. The summed E-state index contributed by atoms with van der Waals surface area (Å²) in [6.07, 6.45) is 1.40. The first-order chi connectivity index (χ1) is 10.8. The Balaban J connectivity index is 2.51. The van der Waals surface area contributed by atoms with E-state index in [1.54, 1.807) is 7.11 Å². The largest absolute Gasteiger partial charge is 0.496 e. The number of carbonyl (C=O) groups is 1. The van der Waals surface area contributed by atoms with Crippen molar-refractivity contribution in [2.45, 2.75) is 53.4 Å². The maximum absolute atomic E-state index is 12.0. The van der Waals surface area contributed by atoms with Gasteiger partial charge in [-0.05, 0) is 58.9 Å². The molecule has 0 aliphatic heterocycles. The predicted molar refractivity (Wildman–Crippen MR) is 97.5 cm³/mol. The Morgan fingerprint density at radius 3 is 2.39 bits per heavy atom. The van der Waals surface area contributed by atoms with Crippen LogP contribution in [0.1, 0.15) is 56.7 Å². The predicted octanol–water partition coefficient (Wildman–Crippen LogP) is 5.44. The van der Waals surface area contributed by atoms with E-state index in [1.165, 1.54) is 27.5 Å². The monoisotopic (exact) mass is 312 g/mol. The minimum Gasteiger partial charge on any atom is -0.496 e.